The highest BCUT2D eigenvalue weighted by atomic mass is 19.1. The minimum atomic E-state index is -0.307. The summed E-state index contributed by atoms with van der Waals surface area (Å²) in [5, 5.41) is 0. The number of carbonyl (C=O) groups excluding carboxylic acids is 1. The van der Waals surface area contributed by atoms with Crippen molar-refractivity contribution in [3.8, 4) is 0 Å². The average molecular weight is 270 g/mol. The van der Waals surface area contributed by atoms with Gasteiger partial charge in [0.25, 0.3) is 0 Å². The first-order chi connectivity index (χ1) is 9.47. The molecule has 2 aromatic rings. The number of ketones is 1. The average Bonchev–Trinajstić information content (AvgIpc) is 2.36. The lowest BCUT2D eigenvalue weighted by molar-refractivity contribution is -0.117. The van der Waals surface area contributed by atoms with Crippen molar-refractivity contribution in [1.29, 1.82) is 0 Å². The molecule has 0 atom stereocenters. The van der Waals surface area contributed by atoms with Crippen LogP contribution in [0.3, 0.4) is 0 Å². The second-order valence-electron chi connectivity index (χ2n) is 5.36. The molecule has 0 fully saturated rings. The molecule has 0 spiro atoms. The Labute approximate surface area is 119 Å². The topological polar surface area (TPSA) is 17.1 Å². The molecule has 0 N–H and O–H groups in total. The van der Waals surface area contributed by atoms with Crippen molar-refractivity contribution in [2.45, 2.75) is 33.6 Å². The minimum absolute atomic E-state index is 0.0464. The third-order valence-electron chi connectivity index (χ3n) is 3.56. The lowest BCUT2D eigenvalue weighted by Crippen LogP contribution is -2.10. The number of rotatable bonds is 4. The fourth-order valence-electron chi connectivity index (χ4n) is 2.60. The number of benzene rings is 2. The van der Waals surface area contributed by atoms with E-state index in [1.54, 1.807) is 18.2 Å². The molecule has 0 saturated heterocycles. The molecule has 0 radical (unpaired) electrons. The molecule has 2 aromatic carbocycles. The molecular formula is C18H19FO. The highest BCUT2D eigenvalue weighted by Crippen LogP contribution is 2.18. The Hall–Kier alpha value is -1.96. The van der Waals surface area contributed by atoms with Crippen molar-refractivity contribution in [3.63, 3.8) is 0 Å². The highest BCUT2D eigenvalue weighted by molar-refractivity contribution is 5.83. The Bertz CT molecular complexity index is 621. The van der Waals surface area contributed by atoms with Gasteiger partial charge in [0.2, 0.25) is 0 Å². The van der Waals surface area contributed by atoms with Gasteiger partial charge in [0.15, 0.2) is 0 Å². The van der Waals surface area contributed by atoms with E-state index in [0.29, 0.717) is 12.0 Å². The molecule has 0 heterocycles. The summed E-state index contributed by atoms with van der Waals surface area (Å²) in [5.41, 5.74) is 5.00. The van der Waals surface area contributed by atoms with E-state index in [2.05, 4.69) is 12.1 Å². The van der Waals surface area contributed by atoms with Crippen LogP contribution in [-0.4, -0.2) is 5.78 Å². The third kappa shape index (κ3) is 3.32. The number of aryl methyl sites for hydroxylation is 3. The largest absolute Gasteiger partial charge is 0.299 e. The van der Waals surface area contributed by atoms with E-state index < -0.39 is 0 Å². The zero-order valence-corrected chi connectivity index (χ0v) is 12.2. The summed E-state index contributed by atoms with van der Waals surface area (Å²) in [6.45, 7) is 6.09. The molecule has 0 unspecified atom stereocenters. The number of hydrogen-bond donors (Lipinski definition) is 0. The Morgan fingerprint density at radius 1 is 1.00 bits per heavy atom. The van der Waals surface area contributed by atoms with Crippen molar-refractivity contribution in [3.05, 3.63) is 70.0 Å². The van der Waals surface area contributed by atoms with Crippen molar-refractivity contribution in [2.24, 2.45) is 0 Å². The van der Waals surface area contributed by atoms with E-state index in [1.807, 2.05) is 20.8 Å². The maximum absolute atomic E-state index is 13.5. The van der Waals surface area contributed by atoms with Crippen molar-refractivity contribution >= 4 is 5.78 Å². The zero-order chi connectivity index (χ0) is 14.7. The van der Waals surface area contributed by atoms with Crippen LogP contribution in [-0.2, 0) is 17.6 Å². The number of carbonyl (C=O) groups is 1. The molecule has 0 bridgehead atoms. The summed E-state index contributed by atoms with van der Waals surface area (Å²) >= 11 is 0. The molecular weight excluding hydrogens is 251 g/mol. The highest BCUT2D eigenvalue weighted by Gasteiger charge is 2.12. The molecule has 2 rings (SSSR count). The Morgan fingerprint density at radius 2 is 1.60 bits per heavy atom. The first kappa shape index (κ1) is 14.4. The molecule has 104 valence electrons. The molecule has 0 saturated carbocycles. The van der Waals surface area contributed by atoms with Crippen LogP contribution in [0, 0.1) is 26.6 Å². The van der Waals surface area contributed by atoms with Crippen molar-refractivity contribution < 1.29 is 9.18 Å². The van der Waals surface area contributed by atoms with Crippen LogP contribution in [0.2, 0.25) is 0 Å². The predicted octanol–water partition coefficient (Wildman–Crippen LogP) is 4.11. The molecule has 0 aliphatic heterocycles. The maximum atomic E-state index is 13.5. The van der Waals surface area contributed by atoms with Crippen LogP contribution in [0.4, 0.5) is 4.39 Å². The van der Waals surface area contributed by atoms with Gasteiger partial charge in [-0.25, -0.2) is 4.39 Å². The third-order valence-corrected chi connectivity index (χ3v) is 3.56. The summed E-state index contributed by atoms with van der Waals surface area (Å²) in [7, 11) is 0. The fraction of sp³-hybridized carbons (Fsp3) is 0.278. The summed E-state index contributed by atoms with van der Waals surface area (Å²) < 4.78 is 13.5. The van der Waals surface area contributed by atoms with Crippen molar-refractivity contribution in [2.75, 3.05) is 0 Å². The van der Waals surface area contributed by atoms with Gasteiger partial charge < -0.3 is 0 Å². The summed E-state index contributed by atoms with van der Waals surface area (Å²) in [6, 6.07) is 10.6. The van der Waals surface area contributed by atoms with Crippen LogP contribution in [0.15, 0.2) is 36.4 Å². The number of halogens is 1. The molecule has 0 amide bonds. The molecule has 2 heteroatoms. The Morgan fingerprint density at radius 3 is 2.20 bits per heavy atom. The van der Waals surface area contributed by atoms with Crippen LogP contribution in [0.1, 0.15) is 27.8 Å². The number of Topliss-reactive ketones (excluding diaryl/α,β-unsaturated/α-hetero) is 1. The van der Waals surface area contributed by atoms with Gasteiger partial charge >= 0.3 is 0 Å². The lowest BCUT2D eigenvalue weighted by Gasteiger charge is -2.11. The van der Waals surface area contributed by atoms with Crippen LogP contribution < -0.4 is 0 Å². The Balaban J connectivity index is 2.15. The van der Waals surface area contributed by atoms with Crippen LogP contribution >= 0.6 is 0 Å². The van der Waals surface area contributed by atoms with Gasteiger partial charge in [-0.15, -0.1) is 0 Å². The maximum Gasteiger partial charge on any atom is 0.141 e. The molecule has 1 nitrogen and oxygen atoms in total. The van der Waals surface area contributed by atoms with Gasteiger partial charge in [-0.05, 0) is 49.1 Å². The second kappa shape index (κ2) is 6.00. The van der Waals surface area contributed by atoms with E-state index in [9.17, 15) is 9.18 Å². The van der Waals surface area contributed by atoms with Gasteiger partial charge in [-0.2, -0.15) is 0 Å². The standard InChI is InChI=1S/C18H19FO/c1-12-8-13(2)17(14(3)9-12)11-16(20)10-15-6-4-5-7-18(15)19/h4-9H,10-11H2,1-3H3. The predicted molar refractivity (Wildman–Crippen MR) is 79.5 cm³/mol. The zero-order valence-electron chi connectivity index (χ0n) is 12.2. The van der Waals surface area contributed by atoms with Crippen LogP contribution in [0.5, 0.6) is 0 Å². The van der Waals surface area contributed by atoms with Gasteiger partial charge in [0.1, 0.15) is 11.6 Å². The smallest absolute Gasteiger partial charge is 0.141 e. The normalized spacial score (nSPS) is 10.6. The van der Waals surface area contributed by atoms with E-state index in [-0.39, 0.29) is 18.0 Å². The first-order valence-electron chi connectivity index (χ1n) is 6.79. The van der Waals surface area contributed by atoms with Gasteiger partial charge in [-0.3, -0.25) is 4.79 Å². The van der Waals surface area contributed by atoms with Gasteiger partial charge in [0.05, 0.1) is 0 Å². The molecule has 0 aromatic heterocycles. The number of hydrogen-bond acceptors (Lipinski definition) is 1. The molecule has 0 aliphatic carbocycles. The monoisotopic (exact) mass is 270 g/mol. The van der Waals surface area contributed by atoms with Gasteiger partial charge in [0, 0.05) is 12.8 Å². The van der Waals surface area contributed by atoms with E-state index >= 15 is 0 Å². The summed E-state index contributed by atoms with van der Waals surface area (Å²) in [6.07, 6.45) is 0.520. The van der Waals surface area contributed by atoms with E-state index in [1.165, 1.54) is 11.6 Å². The lowest BCUT2D eigenvalue weighted by atomic mass is 9.94. The first-order valence-corrected chi connectivity index (χ1v) is 6.79. The quantitative estimate of drug-likeness (QED) is 0.817. The second-order valence-corrected chi connectivity index (χ2v) is 5.36. The summed E-state index contributed by atoms with van der Waals surface area (Å²) in [4.78, 5) is 12.2. The molecule has 0 aliphatic rings. The minimum Gasteiger partial charge on any atom is -0.299 e. The molecule has 20 heavy (non-hydrogen) atoms. The SMILES string of the molecule is Cc1cc(C)c(CC(=O)Cc2ccccc2F)c(C)c1. The fourth-order valence-corrected chi connectivity index (χ4v) is 2.60. The van der Waals surface area contributed by atoms with Crippen LogP contribution in [0.25, 0.3) is 0 Å². The summed E-state index contributed by atoms with van der Waals surface area (Å²) in [5.74, 6) is -0.261. The van der Waals surface area contributed by atoms with E-state index in [0.717, 1.165) is 16.7 Å². The van der Waals surface area contributed by atoms with E-state index in [4.69, 9.17) is 0 Å². The Kier molecular flexibility index (Phi) is 4.33. The van der Waals surface area contributed by atoms with Gasteiger partial charge in [-0.1, -0.05) is 35.9 Å². The van der Waals surface area contributed by atoms with Crippen molar-refractivity contribution in [1.82, 2.24) is 0 Å².